The summed E-state index contributed by atoms with van der Waals surface area (Å²) in [6.45, 7) is 2.81. The number of hydrogen-bond acceptors (Lipinski definition) is 8. The summed E-state index contributed by atoms with van der Waals surface area (Å²) < 4.78 is 69.6. The summed E-state index contributed by atoms with van der Waals surface area (Å²) in [6.07, 6.45) is 7.05. The number of benzene rings is 3. The highest BCUT2D eigenvalue weighted by Gasteiger charge is 2.25. The number of fused-ring (bicyclic) bond motifs is 2. The van der Waals surface area contributed by atoms with Crippen LogP contribution in [0.15, 0.2) is 54.6 Å². The van der Waals surface area contributed by atoms with E-state index in [0.29, 0.717) is 19.4 Å². The Hall–Kier alpha value is -6.05. The molecule has 3 aromatic carbocycles. The van der Waals surface area contributed by atoms with E-state index in [1.54, 1.807) is 4.90 Å². The SMILES string of the molecule is C#CCOCCOCCNC(=O)C(CNC(=O)CCCCC(=O)N1Cc2ccccc2/C=C(/C)c2ccccc21)NC(=O)CCCC(=O)Oc1c(F)c(F)cc(F)c1F. The highest BCUT2D eigenvalue weighted by Crippen LogP contribution is 2.34. The number of para-hydroxylation sites is 1. The van der Waals surface area contributed by atoms with Crippen molar-refractivity contribution in [2.24, 2.45) is 0 Å². The van der Waals surface area contributed by atoms with Crippen LogP contribution in [-0.4, -0.2) is 75.2 Å². The minimum atomic E-state index is -1.89. The minimum absolute atomic E-state index is 0.0327. The Labute approximate surface area is 339 Å². The summed E-state index contributed by atoms with van der Waals surface area (Å²) >= 11 is 0. The zero-order valence-electron chi connectivity index (χ0n) is 32.6. The average molecular weight is 823 g/mol. The highest BCUT2D eigenvalue weighted by molar-refractivity contribution is 5.99. The number of halogens is 4. The molecule has 1 atom stereocenters. The topological polar surface area (TPSA) is 152 Å². The summed E-state index contributed by atoms with van der Waals surface area (Å²) in [7, 11) is 0. The zero-order chi connectivity index (χ0) is 42.7. The number of amides is 4. The van der Waals surface area contributed by atoms with Crippen LogP contribution >= 0.6 is 0 Å². The number of unbranched alkanes of at least 4 members (excludes halogenated alkanes) is 1. The second kappa shape index (κ2) is 23.4. The molecule has 1 aliphatic rings. The molecule has 314 valence electrons. The first-order valence-corrected chi connectivity index (χ1v) is 19.0. The lowest BCUT2D eigenvalue weighted by molar-refractivity contribution is -0.135. The number of nitrogens with zero attached hydrogens (tertiary/aromatic N) is 1. The van der Waals surface area contributed by atoms with Gasteiger partial charge in [-0.2, -0.15) is 8.78 Å². The first-order chi connectivity index (χ1) is 28.4. The Morgan fingerprint density at radius 2 is 1.49 bits per heavy atom. The van der Waals surface area contributed by atoms with Gasteiger partial charge in [0.05, 0.1) is 32.1 Å². The monoisotopic (exact) mass is 822 g/mol. The molecule has 3 aromatic rings. The number of carbonyl (C=O) groups is 5. The first kappa shape index (κ1) is 45.6. The third-order valence-corrected chi connectivity index (χ3v) is 9.05. The van der Waals surface area contributed by atoms with Crippen molar-refractivity contribution < 1.29 is 55.7 Å². The summed E-state index contributed by atoms with van der Waals surface area (Å²) in [5.74, 6) is -9.70. The molecule has 4 rings (SSSR count). The third kappa shape index (κ3) is 14.1. The van der Waals surface area contributed by atoms with Crippen LogP contribution in [0.4, 0.5) is 23.2 Å². The second-order valence-electron chi connectivity index (χ2n) is 13.4. The van der Waals surface area contributed by atoms with Crippen LogP contribution in [0, 0.1) is 35.6 Å². The van der Waals surface area contributed by atoms with Gasteiger partial charge in [0, 0.05) is 50.4 Å². The average Bonchev–Trinajstić information content (AvgIpc) is 3.21. The molecule has 0 fully saturated rings. The molecule has 12 nitrogen and oxygen atoms in total. The molecule has 0 aromatic heterocycles. The molecule has 3 N–H and O–H groups in total. The number of terminal acetylenes is 1. The Kier molecular flexibility index (Phi) is 18.1. The van der Waals surface area contributed by atoms with Gasteiger partial charge >= 0.3 is 5.97 Å². The van der Waals surface area contributed by atoms with Crippen molar-refractivity contribution in [2.75, 3.05) is 44.4 Å². The van der Waals surface area contributed by atoms with Gasteiger partial charge in [-0.1, -0.05) is 54.5 Å². The summed E-state index contributed by atoms with van der Waals surface area (Å²) in [5.41, 5.74) is 4.82. The van der Waals surface area contributed by atoms with Crippen LogP contribution in [0.3, 0.4) is 0 Å². The third-order valence-electron chi connectivity index (χ3n) is 9.05. The smallest absolute Gasteiger partial charge is 0.311 e. The zero-order valence-corrected chi connectivity index (χ0v) is 32.6. The van der Waals surface area contributed by atoms with Crippen LogP contribution in [0.2, 0.25) is 0 Å². The van der Waals surface area contributed by atoms with E-state index in [9.17, 15) is 41.5 Å². The van der Waals surface area contributed by atoms with Gasteiger partial charge in [-0.25, -0.2) is 8.78 Å². The Morgan fingerprint density at radius 1 is 0.814 bits per heavy atom. The maximum absolute atomic E-state index is 13.9. The van der Waals surface area contributed by atoms with Crippen LogP contribution in [0.1, 0.15) is 68.6 Å². The van der Waals surface area contributed by atoms with E-state index in [1.165, 1.54) is 0 Å². The number of anilines is 1. The van der Waals surface area contributed by atoms with Crippen LogP contribution < -0.4 is 25.6 Å². The molecular weight excluding hydrogens is 776 g/mol. The number of allylic oxidation sites excluding steroid dienone is 1. The van der Waals surface area contributed by atoms with Gasteiger partial charge in [-0.15, -0.1) is 6.42 Å². The van der Waals surface area contributed by atoms with Crippen molar-refractivity contribution in [3.63, 3.8) is 0 Å². The Bertz CT molecular complexity index is 2030. The second-order valence-corrected chi connectivity index (χ2v) is 13.4. The molecule has 0 spiro atoms. The van der Waals surface area contributed by atoms with Crippen molar-refractivity contribution in [3.05, 3.63) is 94.6 Å². The molecular formula is C43H46F4N4O8. The normalized spacial score (nSPS) is 13.3. The lowest BCUT2D eigenvalue weighted by Gasteiger charge is -2.28. The summed E-state index contributed by atoms with van der Waals surface area (Å²) in [5, 5.41) is 7.71. The van der Waals surface area contributed by atoms with Crippen molar-refractivity contribution >= 4 is 46.9 Å². The number of hydrogen-bond donors (Lipinski definition) is 3. The van der Waals surface area contributed by atoms with Crippen molar-refractivity contribution in [1.29, 1.82) is 0 Å². The lowest BCUT2D eigenvalue weighted by atomic mass is 9.96. The van der Waals surface area contributed by atoms with E-state index in [2.05, 4.69) is 32.7 Å². The van der Waals surface area contributed by atoms with Gasteiger partial charge in [0.2, 0.25) is 41.0 Å². The molecule has 1 heterocycles. The van der Waals surface area contributed by atoms with Crippen LogP contribution in [0.25, 0.3) is 11.6 Å². The van der Waals surface area contributed by atoms with Gasteiger partial charge in [-0.3, -0.25) is 24.0 Å². The molecule has 16 heteroatoms. The van der Waals surface area contributed by atoms with Gasteiger partial charge < -0.3 is 35.1 Å². The molecule has 59 heavy (non-hydrogen) atoms. The number of esters is 1. The quantitative estimate of drug-likeness (QED) is 0.0324. The van der Waals surface area contributed by atoms with Crippen molar-refractivity contribution in [2.45, 2.75) is 64.5 Å². The maximum Gasteiger partial charge on any atom is 0.311 e. The number of carbonyl (C=O) groups excluding carboxylic acids is 5. The minimum Gasteiger partial charge on any atom is -0.420 e. The molecule has 0 saturated heterocycles. The van der Waals surface area contributed by atoms with Gasteiger partial charge in [0.1, 0.15) is 12.6 Å². The van der Waals surface area contributed by atoms with E-state index in [4.69, 9.17) is 15.9 Å². The maximum atomic E-state index is 13.9. The first-order valence-electron chi connectivity index (χ1n) is 19.0. The highest BCUT2D eigenvalue weighted by atomic mass is 19.2. The van der Waals surface area contributed by atoms with Gasteiger partial charge in [0.25, 0.3) is 0 Å². The number of nitrogens with one attached hydrogen (secondary N) is 3. The summed E-state index contributed by atoms with van der Waals surface area (Å²) in [4.78, 5) is 66.2. The van der Waals surface area contributed by atoms with E-state index in [-0.39, 0.29) is 77.2 Å². The van der Waals surface area contributed by atoms with Crippen LogP contribution in [-0.2, 0) is 40.0 Å². The molecule has 0 bridgehead atoms. The molecule has 1 unspecified atom stereocenters. The predicted octanol–water partition coefficient (Wildman–Crippen LogP) is 5.37. The lowest BCUT2D eigenvalue weighted by Crippen LogP contribution is -2.53. The largest absolute Gasteiger partial charge is 0.420 e. The standard InChI is InChI=1S/C43H46F4N4O8/c1-3-20-57-22-23-58-21-19-48-43(56)34(50-37(53)16-10-18-39(55)59-42-40(46)32(44)25-33(45)41(42)47)26-49-36(52)15-8-9-17-38(54)51-27-30-12-5-4-11-29(30)24-28(2)31-13-6-7-14-35(31)51/h1,4-7,11-14,24-25,34H,8-10,15-23,26-27H2,2H3,(H,48,56)(H,49,52)(H,50,53)/b28-24-. The molecule has 0 saturated carbocycles. The number of rotatable bonds is 21. The van der Waals surface area contributed by atoms with E-state index >= 15 is 0 Å². The predicted molar refractivity (Wildman–Crippen MR) is 210 cm³/mol. The molecule has 4 amide bonds. The van der Waals surface area contributed by atoms with E-state index in [1.807, 2.05) is 55.5 Å². The van der Waals surface area contributed by atoms with E-state index in [0.717, 1.165) is 28.0 Å². The molecule has 0 radical (unpaired) electrons. The van der Waals surface area contributed by atoms with Crippen molar-refractivity contribution in [1.82, 2.24) is 16.0 Å². The molecule has 0 aliphatic carbocycles. The van der Waals surface area contributed by atoms with Crippen LogP contribution in [0.5, 0.6) is 5.75 Å². The Morgan fingerprint density at radius 3 is 2.25 bits per heavy atom. The van der Waals surface area contributed by atoms with Gasteiger partial charge in [0.15, 0.2) is 11.6 Å². The fourth-order valence-electron chi connectivity index (χ4n) is 6.05. The van der Waals surface area contributed by atoms with Crippen molar-refractivity contribution in [3.8, 4) is 18.1 Å². The fourth-order valence-corrected chi connectivity index (χ4v) is 6.05. The van der Waals surface area contributed by atoms with Gasteiger partial charge in [-0.05, 0) is 49.0 Å². The summed E-state index contributed by atoms with van der Waals surface area (Å²) in [6, 6.07) is 14.3. The number of ether oxygens (including phenoxy) is 3. The van der Waals surface area contributed by atoms with E-state index < -0.39 is 65.2 Å². The molecule has 1 aliphatic heterocycles. The fraction of sp³-hybridized carbons (Fsp3) is 0.372. The Balaban J connectivity index is 1.27.